The zero-order valence-electron chi connectivity index (χ0n) is 9.40. The van der Waals surface area contributed by atoms with E-state index >= 15 is 0 Å². The van der Waals surface area contributed by atoms with Gasteiger partial charge in [-0.2, -0.15) is 5.10 Å². The van der Waals surface area contributed by atoms with Crippen molar-refractivity contribution in [3.63, 3.8) is 0 Å². The van der Waals surface area contributed by atoms with Crippen LogP contribution in [0.3, 0.4) is 0 Å². The molecule has 1 saturated heterocycles. The third-order valence-electron chi connectivity index (χ3n) is 3.05. The van der Waals surface area contributed by atoms with Crippen molar-refractivity contribution in [2.45, 2.75) is 31.8 Å². The van der Waals surface area contributed by atoms with Gasteiger partial charge in [0, 0.05) is 6.04 Å². The first-order valence-electron chi connectivity index (χ1n) is 5.55. The Morgan fingerprint density at radius 1 is 1.53 bits per heavy atom. The van der Waals surface area contributed by atoms with Gasteiger partial charge in [-0.25, -0.2) is 4.98 Å². The number of nitrogens with one attached hydrogen (secondary N) is 2. The second-order valence-corrected chi connectivity index (χ2v) is 4.34. The van der Waals surface area contributed by atoms with Crippen LogP contribution in [0.5, 0.6) is 0 Å². The molecule has 84 valence electrons. The third-order valence-corrected chi connectivity index (χ3v) is 3.05. The fourth-order valence-corrected chi connectivity index (χ4v) is 2.03. The Morgan fingerprint density at radius 2 is 2.27 bits per heavy atom. The fraction of sp³-hybridized carbons (Fsp3) is 0.800. The lowest BCUT2D eigenvalue weighted by atomic mass is 10.0. The highest BCUT2D eigenvalue weighted by Gasteiger charge is 2.19. The van der Waals surface area contributed by atoms with Crippen LogP contribution in [0.25, 0.3) is 0 Å². The van der Waals surface area contributed by atoms with E-state index in [2.05, 4.69) is 39.4 Å². The zero-order valence-corrected chi connectivity index (χ0v) is 9.40. The highest BCUT2D eigenvalue weighted by atomic mass is 15.2. The highest BCUT2D eigenvalue weighted by Crippen LogP contribution is 2.13. The van der Waals surface area contributed by atoms with E-state index in [1.807, 2.05) is 0 Å². The molecule has 5 heteroatoms. The van der Waals surface area contributed by atoms with Crippen LogP contribution >= 0.6 is 0 Å². The number of H-pyrrole nitrogens is 1. The summed E-state index contributed by atoms with van der Waals surface area (Å²) >= 11 is 0. The number of piperidine rings is 1. The van der Waals surface area contributed by atoms with Crippen molar-refractivity contribution in [1.82, 2.24) is 25.4 Å². The molecule has 0 amide bonds. The van der Waals surface area contributed by atoms with E-state index in [9.17, 15) is 0 Å². The van der Waals surface area contributed by atoms with Gasteiger partial charge in [0.1, 0.15) is 12.2 Å². The van der Waals surface area contributed by atoms with E-state index in [0.717, 1.165) is 5.82 Å². The van der Waals surface area contributed by atoms with Gasteiger partial charge in [-0.05, 0) is 39.9 Å². The van der Waals surface area contributed by atoms with Gasteiger partial charge in [0.15, 0.2) is 0 Å². The van der Waals surface area contributed by atoms with Crippen molar-refractivity contribution in [1.29, 1.82) is 0 Å². The standard InChI is InChI=1S/C10H19N5/c1-8(10-11-7-12-14-10)13-9-3-5-15(2)6-4-9/h7-9,13H,3-6H2,1-2H3,(H,11,12,14). The van der Waals surface area contributed by atoms with Gasteiger partial charge in [0.25, 0.3) is 0 Å². The van der Waals surface area contributed by atoms with Gasteiger partial charge in [0.05, 0.1) is 6.04 Å². The van der Waals surface area contributed by atoms with Crippen LogP contribution in [0.2, 0.25) is 0 Å². The van der Waals surface area contributed by atoms with E-state index in [0.29, 0.717) is 6.04 Å². The molecule has 1 aliphatic rings. The number of hydrogen-bond donors (Lipinski definition) is 2. The first-order chi connectivity index (χ1) is 7.25. The summed E-state index contributed by atoms with van der Waals surface area (Å²) < 4.78 is 0. The molecule has 0 aliphatic carbocycles. The van der Waals surface area contributed by atoms with Gasteiger partial charge >= 0.3 is 0 Å². The number of hydrogen-bond acceptors (Lipinski definition) is 4. The summed E-state index contributed by atoms with van der Waals surface area (Å²) in [6.07, 6.45) is 3.99. The molecule has 1 fully saturated rings. The van der Waals surface area contributed by atoms with Crippen molar-refractivity contribution in [3.8, 4) is 0 Å². The Balaban J connectivity index is 1.82. The Morgan fingerprint density at radius 3 is 2.87 bits per heavy atom. The highest BCUT2D eigenvalue weighted by molar-refractivity contribution is 4.91. The minimum Gasteiger partial charge on any atom is -0.306 e. The summed E-state index contributed by atoms with van der Waals surface area (Å²) in [6.45, 7) is 4.49. The van der Waals surface area contributed by atoms with Crippen LogP contribution in [0.4, 0.5) is 0 Å². The molecule has 1 unspecified atom stereocenters. The van der Waals surface area contributed by atoms with Gasteiger partial charge in [0.2, 0.25) is 0 Å². The molecule has 1 aromatic rings. The first-order valence-corrected chi connectivity index (χ1v) is 5.55. The molecular formula is C10H19N5. The molecule has 1 aromatic heterocycles. The smallest absolute Gasteiger partial charge is 0.141 e. The predicted octanol–water partition coefficient (Wildman–Crippen LogP) is 0.549. The molecule has 1 atom stereocenters. The Labute approximate surface area is 90.3 Å². The SMILES string of the molecule is CC(NC1CCN(C)CC1)c1ncn[nH]1. The molecule has 0 saturated carbocycles. The summed E-state index contributed by atoms with van der Waals surface area (Å²) in [5, 5.41) is 10.3. The maximum absolute atomic E-state index is 4.16. The summed E-state index contributed by atoms with van der Waals surface area (Å²) in [4.78, 5) is 6.53. The van der Waals surface area contributed by atoms with Crippen LogP contribution < -0.4 is 5.32 Å². The van der Waals surface area contributed by atoms with Crippen molar-refractivity contribution < 1.29 is 0 Å². The molecule has 2 N–H and O–H groups in total. The third kappa shape index (κ3) is 2.76. The Hall–Kier alpha value is -0.940. The number of rotatable bonds is 3. The second-order valence-electron chi connectivity index (χ2n) is 4.34. The van der Waals surface area contributed by atoms with Gasteiger partial charge < -0.3 is 10.2 Å². The van der Waals surface area contributed by atoms with Crippen LogP contribution in [-0.2, 0) is 0 Å². The predicted molar refractivity (Wildman–Crippen MR) is 58.5 cm³/mol. The lowest BCUT2D eigenvalue weighted by Gasteiger charge is -2.31. The minimum absolute atomic E-state index is 0.265. The summed E-state index contributed by atoms with van der Waals surface area (Å²) in [7, 11) is 2.18. The normalized spacial score (nSPS) is 21.7. The van der Waals surface area contributed by atoms with E-state index < -0.39 is 0 Å². The van der Waals surface area contributed by atoms with Gasteiger partial charge in [-0.1, -0.05) is 0 Å². The van der Waals surface area contributed by atoms with Crippen molar-refractivity contribution in [3.05, 3.63) is 12.2 Å². The molecule has 5 nitrogen and oxygen atoms in total. The van der Waals surface area contributed by atoms with Crippen LogP contribution in [0, 0.1) is 0 Å². The molecule has 2 heterocycles. The minimum atomic E-state index is 0.265. The average Bonchev–Trinajstić information content (AvgIpc) is 2.74. The fourth-order valence-electron chi connectivity index (χ4n) is 2.03. The summed E-state index contributed by atoms with van der Waals surface area (Å²) in [5.74, 6) is 0.925. The maximum Gasteiger partial charge on any atom is 0.141 e. The van der Waals surface area contributed by atoms with Crippen LogP contribution in [-0.4, -0.2) is 46.3 Å². The molecular weight excluding hydrogens is 190 g/mol. The van der Waals surface area contributed by atoms with E-state index in [1.54, 1.807) is 6.33 Å². The van der Waals surface area contributed by atoms with E-state index in [1.165, 1.54) is 25.9 Å². The Kier molecular flexibility index (Phi) is 3.33. The largest absolute Gasteiger partial charge is 0.306 e. The van der Waals surface area contributed by atoms with Crippen molar-refractivity contribution >= 4 is 0 Å². The van der Waals surface area contributed by atoms with Crippen LogP contribution in [0.15, 0.2) is 6.33 Å². The lowest BCUT2D eigenvalue weighted by Crippen LogP contribution is -2.41. The molecule has 2 rings (SSSR count). The van der Waals surface area contributed by atoms with Gasteiger partial charge in [-0.3, -0.25) is 5.10 Å². The van der Waals surface area contributed by atoms with Crippen LogP contribution in [0.1, 0.15) is 31.6 Å². The summed E-state index contributed by atoms with van der Waals surface area (Å²) in [5.41, 5.74) is 0. The average molecular weight is 209 g/mol. The molecule has 0 bridgehead atoms. The number of aromatic nitrogens is 3. The number of aromatic amines is 1. The second kappa shape index (κ2) is 4.72. The summed E-state index contributed by atoms with van der Waals surface area (Å²) in [6, 6.07) is 0.877. The molecule has 0 spiro atoms. The Bertz CT molecular complexity index is 276. The zero-order chi connectivity index (χ0) is 10.7. The lowest BCUT2D eigenvalue weighted by molar-refractivity contribution is 0.225. The van der Waals surface area contributed by atoms with E-state index in [4.69, 9.17) is 0 Å². The monoisotopic (exact) mass is 209 g/mol. The molecule has 0 radical (unpaired) electrons. The molecule has 1 aliphatic heterocycles. The topological polar surface area (TPSA) is 56.8 Å². The van der Waals surface area contributed by atoms with Crippen molar-refractivity contribution in [2.24, 2.45) is 0 Å². The molecule has 15 heavy (non-hydrogen) atoms. The maximum atomic E-state index is 4.16. The number of likely N-dealkylation sites (tertiary alicyclic amines) is 1. The van der Waals surface area contributed by atoms with Gasteiger partial charge in [-0.15, -0.1) is 0 Å². The van der Waals surface area contributed by atoms with E-state index in [-0.39, 0.29) is 6.04 Å². The number of nitrogens with zero attached hydrogens (tertiary/aromatic N) is 3. The molecule has 0 aromatic carbocycles. The quantitative estimate of drug-likeness (QED) is 0.763. The first kappa shape index (κ1) is 10.6. The van der Waals surface area contributed by atoms with Crippen molar-refractivity contribution in [2.75, 3.05) is 20.1 Å².